The van der Waals surface area contributed by atoms with E-state index in [4.69, 9.17) is 9.47 Å². The molecule has 0 saturated carbocycles. The van der Waals surface area contributed by atoms with E-state index in [0.717, 1.165) is 37.3 Å². The van der Waals surface area contributed by atoms with Gasteiger partial charge in [-0.15, -0.1) is 0 Å². The van der Waals surface area contributed by atoms with Crippen molar-refractivity contribution in [1.29, 1.82) is 0 Å². The number of carbonyl (C=O) groups is 2. The number of imidazole rings is 1. The first-order valence-corrected chi connectivity index (χ1v) is 11.7. The number of aromatic nitrogens is 3. The normalized spacial score (nSPS) is 13.9. The lowest BCUT2D eigenvalue weighted by molar-refractivity contribution is -0.113. The van der Waals surface area contributed by atoms with Crippen LogP contribution < -0.4 is 20.1 Å². The van der Waals surface area contributed by atoms with Gasteiger partial charge < -0.3 is 24.7 Å². The molecule has 9 nitrogen and oxygen atoms in total. The molecule has 4 heterocycles. The molecule has 170 valence electrons. The first-order valence-electron chi connectivity index (χ1n) is 10.8. The molecule has 0 bridgehead atoms. The standard InChI is InChI=1S/C23H23N5O4S/c29-21(27-15-6-7-18-19(10-15)32-14-31-18)13-33-23-17(4-3-8-24-23)22(30)25-11-16-12-28-9-2-1-5-20(28)26-16/h3-4,6-8,10,12H,1-2,5,9,11,13-14H2,(H,25,30)(H,27,29). The van der Waals surface area contributed by atoms with Gasteiger partial charge in [-0.2, -0.15) is 0 Å². The highest BCUT2D eigenvalue weighted by molar-refractivity contribution is 8.00. The molecular weight excluding hydrogens is 442 g/mol. The molecule has 3 aromatic rings. The highest BCUT2D eigenvalue weighted by Gasteiger charge is 2.17. The molecule has 10 heteroatoms. The van der Waals surface area contributed by atoms with E-state index >= 15 is 0 Å². The molecule has 2 aromatic heterocycles. The lowest BCUT2D eigenvalue weighted by Gasteiger charge is -2.11. The van der Waals surface area contributed by atoms with Crippen molar-refractivity contribution < 1.29 is 19.1 Å². The Morgan fingerprint density at radius 3 is 2.97 bits per heavy atom. The van der Waals surface area contributed by atoms with Crippen molar-refractivity contribution in [1.82, 2.24) is 19.9 Å². The summed E-state index contributed by atoms with van der Waals surface area (Å²) in [4.78, 5) is 34.1. The molecule has 0 saturated heterocycles. The third-order valence-corrected chi connectivity index (χ3v) is 6.41. The number of rotatable bonds is 7. The fourth-order valence-corrected chi connectivity index (χ4v) is 4.60. The number of aryl methyl sites for hydroxylation is 2. The van der Waals surface area contributed by atoms with Crippen LogP contribution in [0.1, 0.15) is 34.7 Å². The van der Waals surface area contributed by atoms with Crippen molar-refractivity contribution in [2.75, 3.05) is 17.9 Å². The van der Waals surface area contributed by atoms with E-state index in [1.54, 1.807) is 36.5 Å². The van der Waals surface area contributed by atoms with Crippen LogP contribution in [0.25, 0.3) is 0 Å². The van der Waals surface area contributed by atoms with Gasteiger partial charge in [0.15, 0.2) is 11.5 Å². The van der Waals surface area contributed by atoms with E-state index in [9.17, 15) is 9.59 Å². The molecule has 0 fully saturated rings. The Bertz CT molecular complexity index is 1170. The van der Waals surface area contributed by atoms with Crippen LogP contribution in [0.3, 0.4) is 0 Å². The zero-order valence-electron chi connectivity index (χ0n) is 17.9. The number of amides is 2. The van der Waals surface area contributed by atoms with Gasteiger partial charge in [-0.05, 0) is 37.1 Å². The minimum atomic E-state index is -0.243. The molecule has 33 heavy (non-hydrogen) atoms. The van der Waals surface area contributed by atoms with Gasteiger partial charge in [-0.25, -0.2) is 9.97 Å². The van der Waals surface area contributed by atoms with Crippen LogP contribution in [0.2, 0.25) is 0 Å². The maximum absolute atomic E-state index is 12.8. The average Bonchev–Trinajstić information content (AvgIpc) is 3.47. The summed E-state index contributed by atoms with van der Waals surface area (Å²) in [5.41, 5.74) is 1.90. The van der Waals surface area contributed by atoms with E-state index in [0.29, 0.717) is 34.3 Å². The SMILES string of the molecule is O=C(CSc1ncccc1C(=O)NCc1cn2c(n1)CCCC2)Nc1ccc2c(c1)OCO2. The second-order valence-corrected chi connectivity index (χ2v) is 8.71. The van der Waals surface area contributed by atoms with E-state index in [2.05, 4.69) is 25.2 Å². The summed E-state index contributed by atoms with van der Waals surface area (Å²) in [6, 6.07) is 8.64. The average molecular weight is 466 g/mol. The van der Waals surface area contributed by atoms with Gasteiger partial charge in [0, 0.05) is 37.1 Å². The van der Waals surface area contributed by atoms with Crippen LogP contribution in [0, 0.1) is 0 Å². The number of carbonyl (C=O) groups excluding carboxylic acids is 2. The smallest absolute Gasteiger partial charge is 0.254 e. The minimum Gasteiger partial charge on any atom is -0.454 e. The number of nitrogens with zero attached hydrogens (tertiary/aromatic N) is 3. The Labute approximate surface area is 194 Å². The number of hydrogen-bond acceptors (Lipinski definition) is 7. The second-order valence-electron chi connectivity index (χ2n) is 7.74. The summed E-state index contributed by atoms with van der Waals surface area (Å²) in [5.74, 6) is 1.99. The predicted octanol–water partition coefficient (Wildman–Crippen LogP) is 3.00. The Kier molecular flexibility index (Phi) is 6.16. The van der Waals surface area contributed by atoms with Gasteiger partial charge in [-0.3, -0.25) is 9.59 Å². The topological polar surface area (TPSA) is 107 Å². The third-order valence-electron chi connectivity index (χ3n) is 5.40. The largest absolute Gasteiger partial charge is 0.454 e. The molecule has 2 N–H and O–H groups in total. The molecule has 0 spiro atoms. The van der Waals surface area contributed by atoms with Crippen molar-refractivity contribution in [2.45, 2.75) is 37.4 Å². The Morgan fingerprint density at radius 1 is 1.15 bits per heavy atom. The molecule has 0 unspecified atom stereocenters. The van der Waals surface area contributed by atoms with Crippen LogP contribution in [-0.4, -0.2) is 38.9 Å². The fraction of sp³-hybridized carbons (Fsp3) is 0.304. The summed E-state index contributed by atoms with van der Waals surface area (Å²) in [5, 5.41) is 6.25. The molecule has 1 aromatic carbocycles. The third kappa shape index (κ3) is 4.95. The van der Waals surface area contributed by atoms with Crippen molar-refractivity contribution in [2.24, 2.45) is 0 Å². The molecule has 0 atom stereocenters. The van der Waals surface area contributed by atoms with Crippen LogP contribution in [0.4, 0.5) is 5.69 Å². The Morgan fingerprint density at radius 2 is 2.06 bits per heavy atom. The highest BCUT2D eigenvalue weighted by atomic mass is 32.2. The fourth-order valence-electron chi connectivity index (χ4n) is 3.81. The number of ether oxygens (including phenoxy) is 2. The molecule has 2 aliphatic heterocycles. The van der Waals surface area contributed by atoms with Gasteiger partial charge in [0.1, 0.15) is 10.9 Å². The molecule has 5 rings (SSSR count). The maximum atomic E-state index is 12.8. The Balaban J connectivity index is 1.17. The Hall–Kier alpha value is -3.53. The van der Waals surface area contributed by atoms with Gasteiger partial charge in [-0.1, -0.05) is 11.8 Å². The molecule has 2 amide bonds. The van der Waals surface area contributed by atoms with Gasteiger partial charge in [0.25, 0.3) is 5.91 Å². The summed E-state index contributed by atoms with van der Waals surface area (Å²) in [6.07, 6.45) is 6.91. The number of nitrogens with one attached hydrogen (secondary N) is 2. The van der Waals surface area contributed by atoms with Crippen LogP contribution in [-0.2, 0) is 24.3 Å². The maximum Gasteiger partial charge on any atom is 0.254 e. The number of pyridine rings is 1. The van der Waals surface area contributed by atoms with E-state index in [1.165, 1.54) is 11.8 Å². The number of benzene rings is 1. The van der Waals surface area contributed by atoms with Crippen molar-refractivity contribution in [3.63, 3.8) is 0 Å². The summed E-state index contributed by atoms with van der Waals surface area (Å²) < 4.78 is 12.8. The van der Waals surface area contributed by atoms with Gasteiger partial charge in [0.05, 0.1) is 23.6 Å². The van der Waals surface area contributed by atoms with Crippen LogP contribution >= 0.6 is 11.8 Å². The zero-order valence-corrected chi connectivity index (χ0v) is 18.7. The summed E-state index contributed by atoms with van der Waals surface area (Å²) in [6.45, 7) is 1.51. The van der Waals surface area contributed by atoms with Crippen molar-refractivity contribution in [3.05, 3.63) is 59.8 Å². The molecule has 2 aliphatic rings. The molecule has 0 radical (unpaired) electrons. The zero-order chi connectivity index (χ0) is 22.6. The monoisotopic (exact) mass is 465 g/mol. The lowest BCUT2D eigenvalue weighted by Crippen LogP contribution is -2.24. The highest BCUT2D eigenvalue weighted by Crippen LogP contribution is 2.34. The number of thioether (sulfide) groups is 1. The van der Waals surface area contributed by atoms with E-state index < -0.39 is 0 Å². The quantitative estimate of drug-likeness (QED) is 0.517. The minimum absolute atomic E-state index is 0.111. The second kappa shape index (κ2) is 9.53. The van der Waals surface area contributed by atoms with Crippen LogP contribution in [0.5, 0.6) is 11.5 Å². The van der Waals surface area contributed by atoms with E-state index in [1.807, 2.05) is 6.20 Å². The molecular formula is C23H23N5O4S. The summed E-state index contributed by atoms with van der Waals surface area (Å²) >= 11 is 1.21. The van der Waals surface area contributed by atoms with E-state index in [-0.39, 0.29) is 24.4 Å². The lowest BCUT2D eigenvalue weighted by atomic mass is 10.2. The molecule has 0 aliphatic carbocycles. The van der Waals surface area contributed by atoms with Gasteiger partial charge >= 0.3 is 0 Å². The van der Waals surface area contributed by atoms with Crippen LogP contribution in [0.15, 0.2) is 47.8 Å². The number of hydrogen-bond donors (Lipinski definition) is 2. The van der Waals surface area contributed by atoms with Crippen molar-refractivity contribution >= 4 is 29.3 Å². The number of fused-ring (bicyclic) bond motifs is 2. The van der Waals surface area contributed by atoms with Crippen molar-refractivity contribution in [3.8, 4) is 11.5 Å². The predicted molar refractivity (Wildman–Crippen MR) is 122 cm³/mol. The number of anilines is 1. The van der Waals surface area contributed by atoms with Gasteiger partial charge in [0.2, 0.25) is 12.7 Å². The first-order chi connectivity index (χ1) is 16.2. The first kappa shape index (κ1) is 21.3. The summed E-state index contributed by atoms with van der Waals surface area (Å²) in [7, 11) is 0.